The van der Waals surface area contributed by atoms with Crippen LogP contribution in [-0.4, -0.2) is 42.6 Å². The number of hydrogen-bond acceptors (Lipinski definition) is 2. The number of halogens is 1. The van der Waals surface area contributed by atoms with E-state index in [1.165, 1.54) is 38.8 Å². The molecule has 16 heavy (non-hydrogen) atoms. The second kappa shape index (κ2) is 5.70. The molecule has 0 radical (unpaired) electrons. The average molecular weight is 246 g/mol. The highest BCUT2D eigenvalue weighted by molar-refractivity contribution is 6.20. The van der Waals surface area contributed by atoms with E-state index < -0.39 is 0 Å². The summed E-state index contributed by atoms with van der Waals surface area (Å²) in [7, 11) is 1.85. The zero-order valence-corrected chi connectivity index (χ0v) is 11.2. The largest absolute Gasteiger partial charge is 0.381 e. The maximum atomic E-state index is 6.28. The fraction of sp³-hybridized carbons (Fsp3) is 1.00. The van der Waals surface area contributed by atoms with Crippen LogP contribution in [0.25, 0.3) is 0 Å². The summed E-state index contributed by atoms with van der Waals surface area (Å²) in [5.74, 6) is 0.637. The smallest absolute Gasteiger partial charge is 0.0586 e. The van der Waals surface area contributed by atoms with Crippen LogP contribution < -0.4 is 0 Å². The number of alkyl halides is 1. The van der Waals surface area contributed by atoms with Gasteiger partial charge in [-0.2, -0.15) is 0 Å². The van der Waals surface area contributed by atoms with Crippen molar-refractivity contribution >= 4 is 11.6 Å². The SMILES string of the molecule is COC1CCCC(N2CCC(Cl)C(C)C2)C1. The number of ether oxygens (including phenoxy) is 1. The van der Waals surface area contributed by atoms with Gasteiger partial charge in [0, 0.05) is 25.1 Å². The van der Waals surface area contributed by atoms with Crippen LogP contribution in [0.15, 0.2) is 0 Å². The van der Waals surface area contributed by atoms with Crippen molar-refractivity contribution in [2.75, 3.05) is 20.2 Å². The van der Waals surface area contributed by atoms with E-state index in [1.807, 2.05) is 7.11 Å². The second-order valence-corrected chi connectivity index (χ2v) is 6.02. The molecule has 4 atom stereocenters. The van der Waals surface area contributed by atoms with Gasteiger partial charge in [0.2, 0.25) is 0 Å². The standard InChI is InChI=1S/C13H24ClNO/c1-10-9-15(7-6-13(10)14)11-4-3-5-12(8-11)16-2/h10-13H,3-9H2,1-2H3. The minimum atomic E-state index is 0.387. The third kappa shape index (κ3) is 2.91. The molecular weight excluding hydrogens is 222 g/mol. The summed E-state index contributed by atoms with van der Waals surface area (Å²) >= 11 is 6.28. The molecule has 2 fully saturated rings. The summed E-state index contributed by atoms with van der Waals surface area (Å²) in [4.78, 5) is 2.65. The number of piperidine rings is 1. The average Bonchev–Trinajstić information content (AvgIpc) is 2.33. The van der Waals surface area contributed by atoms with Gasteiger partial charge < -0.3 is 4.74 Å². The van der Waals surface area contributed by atoms with E-state index in [-0.39, 0.29) is 0 Å². The van der Waals surface area contributed by atoms with Crippen molar-refractivity contribution in [3.05, 3.63) is 0 Å². The summed E-state index contributed by atoms with van der Waals surface area (Å²) in [5, 5.41) is 0.387. The molecule has 0 aromatic carbocycles. The Kier molecular flexibility index (Phi) is 4.51. The Balaban J connectivity index is 1.87. The van der Waals surface area contributed by atoms with Gasteiger partial charge in [-0.3, -0.25) is 4.90 Å². The molecule has 0 aromatic rings. The van der Waals surface area contributed by atoms with Crippen molar-refractivity contribution in [1.29, 1.82) is 0 Å². The highest BCUT2D eigenvalue weighted by Gasteiger charge is 2.31. The Morgan fingerprint density at radius 1 is 1.25 bits per heavy atom. The van der Waals surface area contributed by atoms with Crippen LogP contribution in [-0.2, 0) is 4.74 Å². The molecule has 0 bridgehead atoms. The molecule has 2 aliphatic rings. The lowest BCUT2D eigenvalue weighted by Gasteiger charge is -2.42. The summed E-state index contributed by atoms with van der Waals surface area (Å²) in [5.41, 5.74) is 0. The van der Waals surface area contributed by atoms with E-state index in [0.29, 0.717) is 17.4 Å². The first-order chi connectivity index (χ1) is 7.70. The van der Waals surface area contributed by atoms with Gasteiger partial charge in [-0.25, -0.2) is 0 Å². The second-order valence-electron chi connectivity index (χ2n) is 5.46. The van der Waals surface area contributed by atoms with Crippen LogP contribution in [0.5, 0.6) is 0 Å². The molecule has 2 nitrogen and oxygen atoms in total. The molecule has 2 rings (SSSR count). The molecule has 1 aliphatic carbocycles. The molecule has 1 aliphatic heterocycles. The van der Waals surface area contributed by atoms with Crippen LogP contribution in [0.2, 0.25) is 0 Å². The highest BCUT2D eigenvalue weighted by atomic mass is 35.5. The zero-order valence-electron chi connectivity index (χ0n) is 10.5. The van der Waals surface area contributed by atoms with Crippen molar-refractivity contribution in [2.45, 2.75) is 56.6 Å². The number of methoxy groups -OCH3 is 1. The first kappa shape index (κ1) is 12.7. The van der Waals surface area contributed by atoms with Crippen LogP contribution in [0.1, 0.15) is 39.0 Å². The van der Waals surface area contributed by atoms with E-state index in [4.69, 9.17) is 16.3 Å². The third-order valence-electron chi connectivity index (χ3n) is 4.28. The Labute approximate surface area is 104 Å². The van der Waals surface area contributed by atoms with Gasteiger partial charge in [-0.1, -0.05) is 6.92 Å². The van der Waals surface area contributed by atoms with Crippen molar-refractivity contribution in [3.8, 4) is 0 Å². The maximum Gasteiger partial charge on any atom is 0.0586 e. The summed E-state index contributed by atoms with van der Waals surface area (Å²) in [6.45, 7) is 4.63. The van der Waals surface area contributed by atoms with Gasteiger partial charge in [0.1, 0.15) is 0 Å². The molecule has 0 aromatic heterocycles. The van der Waals surface area contributed by atoms with E-state index in [9.17, 15) is 0 Å². The van der Waals surface area contributed by atoms with E-state index in [2.05, 4.69) is 11.8 Å². The number of nitrogens with zero attached hydrogens (tertiary/aromatic N) is 1. The maximum absolute atomic E-state index is 6.28. The number of likely N-dealkylation sites (tertiary alicyclic amines) is 1. The molecule has 1 saturated carbocycles. The van der Waals surface area contributed by atoms with Crippen LogP contribution in [0.3, 0.4) is 0 Å². The number of hydrogen-bond donors (Lipinski definition) is 0. The Hall–Kier alpha value is 0.210. The van der Waals surface area contributed by atoms with Crippen LogP contribution in [0, 0.1) is 5.92 Å². The summed E-state index contributed by atoms with van der Waals surface area (Å²) in [6, 6.07) is 0.741. The van der Waals surface area contributed by atoms with Crippen LogP contribution >= 0.6 is 11.6 Å². The topological polar surface area (TPSA) is 12.5 Å². The first-order valence-electron chi connectivity index (χ1n) is 6.61. The van der Waals surface area contributed by atoms with Crippen LogP contribution in [0.4, 0.5) is 0 Å². The first-order valence-corrected chi connectivity index (χ1v) is 7.05. The lowest BCUT2D eigenvalue weighted by Crippen LogP contribution is -2.48. The molecule has 0 N–H and O–H groups in total. The zero-order chi connectivity index (χ0) is 11.5. The highest BCUT2D eigenvalue weighted by Crippen LogP contribution is 2.29. The minimum Gasteiger partial charge on any atom is -0.381 e. The number of rotatable bonds is 2. The fourth-order valence-electron chi connectivity index (χ4n) is 3.15. The lowest BCUT2D eigenvalue weighted by atomic mass is 9.89. The van der Waals surface area contributed by atoms with Crippen molar-refractivity contribution in [1.82, 2.24) is 4.90 Å². The monoisotopic (exact) mass is 245 g/mol. The predicted octanol–water partition coefficient (Wildman–Crippen LogP) is 2.89. The molecular formula is C13H24ClNO. The molecule has 0 amide bonds. The minimum absolute atomic E-state index is 0.387. The van der Waals surface area contributed by atoms with Gasteiger partial charge in [0.15, 0.2) is 0 Å². The Bertz CT molecular complexity index is 220. The molecule has 4 unspecified atom stereocenters. The molecule has 0 spiro atoms. The normalized spacial score (nSPS) is 42.2. The summed E-state index contributed by atoms with van der Waals surface area (Å²) in [6.07, 6.45) is 6.77. The summed E-state index contributed by atoms with van der Waals surface area (Å²) < 4.78 is 5.51. The lowest BCUT2D eigenvalue weighted by molar-refractivity contribution is 0.0169. The molecule has 1 saturated heterocycles. The quantitative estimate of drug-likeness (QED) is 0.694. The fourth-order valence-corrected chi connectivity index (χ4v) is 3.32. The van der Waals surface area contributed by atoms with Crippen molar-refractivity contribution in [2.24, 2.45) is 5.92 Å². The van der Waals surface area contributed by atoms with Crippen molar-refractivity contribution in [3.63, 3.8) is 0 Å². The van der Waals surface area contributed by atoms with Gasteiger partial charge >= 0.3 is 0 Å². The predicted molar refractivity (Wildman–Crippen MR) is 68.0 cm³/mol. The van der Waals surface area contributed by atoms with Gasteiger partial charge in [-0.05, 0) is 44.6 Å². The van der Waals surface area contributed by atoms with Crippen molar-refractivity contribution < 1.29 is 4.74 Å². The molecule has 94 valence electrons. The van der Waals surface area contributed by atoms with E-state index >= 15 is 0 Å². The van der Waals surface area contributed by atoms with Gasteiger partial charge in [0.25, 0.3) is 0 Å². The van der Waals surface area contributed by atoms with Gasteiger partial charge in [-0.15, -0.1) is 11.6 Å². The Morgan fingerprint density at radius 2 is 2.06 bits per heavy atom. The molecule has 3 heteroatoms. The Morgan fingerprint density at radius 3 is 2.75 bits per heavy atom. The van der Waals surface area contributed by atoms with E-state index in [1.54, 1.807) is 0 Å². The van der Waals surface area contributed by atoms with Gasteiger partial charge in [0.05, 0.1) is 6.10 Å². The van der Waals surface area contributed by atoms with E-state index in [0.717, 1.165) is 12.5 Å². The third-order valence-corrected chi connectivity index (χ3v) is 4.93. The molecule has 1 heterocycles.